The van der Waals surface area contributed by atoms with Crippen molar-refractivity contribution < 1.29 is 14.0 Å². The third kappa shape index (κ3) is 5.00. The van der Waals surface area contributed by atoms with E-state index in [0.717, 1.165) is 44.7 Å². The minimum atomic E-state index is -0.650. The summed E-state index contributed by atoms with van der Waals surface area (Å²) in [4.78, 5) is 28.6. The average molecular weight is 485 g/mol. The van der Waals surface area contributed by atoms with Gasteiger partial charge >= 0.3 is 0 Å². The summed E-state index contributed by atoms with van der Waals surface area (Å²) in [6, 6.07) is 14.3. The molecule has 0 aliphatic carbocycles. The summed E-state index contributed by atoms with van der Waals surface area (Å²) in [7, 11) is 0. The maximum absolute atomic E-state index is 14.7. The number of ketones is 1. The highest BCUT2D eigenvalue weighted by Crippen LogP contribution is 2.40. The molecule has 1 atom stereocenters. The molecule has 1 unspecified atom stereocenters. The van der Waals surface area contributed by atoms with Crippen molar-refractivity contribution in [1.29, 1.82) is 0 Å². The number of carbonyl (C=O) groups is 2. The number of Topliss-reactive ketones (excluding diaryl/α,β-unsaturated/α-hetero) is 1. The van der Waals surface area contributed by atoms with Crippen molar-refractivity contribution in [3.8, 4) is 0 Å². The molecule has 1 fully saturated rings. The van der Waals surface area contributed by atoms with Crippen molar-refractivity contribution in [3.63, 3.8) is 0 Å². The number of piperazine rings is 1. The van der Waals surface area contributed by atoms with E-state index < -0.39 is 11.2 Å². The maximum Gasteiger partial charge on any atom is 0.219 e. The molecule has 0 bridgehead atoms. The number of hydrogen-bond acceptors (Lipinski definition) is 5. The first-order valence-electron chi connectivity index (χ1n) is 11.7. The van der Waals surface area contributed by atoms with Crippen LogP contribution in [0.4, 0.5) is 10.1 Å². The Morgan fingerprint density at radius 3 is 2.41 bits per heavy atom. The lowest BCUT2D eigenvalue weighted by Gasteiger charge is -2.35. The van der Waals surface area contributed by atoms with Crippen molar-refractivity contribution in [3.05, 3.63) is 64.9 Å². The van der Waals surface area contributed by atoms with Gasteiger partial charge in [-0.25, -0.2) is 4.39 Å². The first kappa shape index (κ1) is 24.4. The number of carbonyl (C=O) groups excluding carboxylic acids is 2. The van der Waals surface area contributed by atoms with Crippen molar-refractivity contribution >= 4 is 34.7 Å². The van der Waals surface area contributed by atoms with Crippen molar-refractivity contribution in [2.24, 2.45) is 5.10 Å². The third-order valence-electron chi connectivity index (χ3n) is 6.84. The smallest absolute Gasteiger partial charge is 0.219 e. The number of nitrogens with zero attached hydrogens (tertiary/aromatic N) is 4. The number of hydrazone groups is 1. The second-order valence-electron chi connectivity index (χ2n) is 9.06. The predicted molar refractivity (Wildman–Crippen MR) is 133 cm³/mol. The molecule has 1 saturated heterocycles. The molecule has 0 spiro atoms. The van der Waals surface area contributed by atoms with E-state index in [1.807, 2.05) is 35.2 Å². The monoisotopic (exact) mass is 484 g/mol. The summed E-state index contributed by atoms with van der Waals surface area (Å²) in [6.07, 6.45) is 1.54. The van der Waals surface area contributed by atoms with E-state index in [4.69, 9.17) is 11.6 Å². The maximum atomic E-state index is 14.7. The molecule has 4 rings (SSSR count). The Bertz CT molecular complexity index is 1090. The fourth-order valence-corrected chi connectivity index (χ4v) is 5.20. The van der Waals surface area contributed by atoms with Crippen LogP contribution in [0, 0.1) is 5.82 Å². The number of anilines is 1. The minimum Gasteiger partial charge on any atom is -0.340 e. The molecule has 180 valence electrons. The highest BCUT2D eigenvalue weighted by atomic mass is 35.5. The Kier molecular flexibility index (Phi) is 7.33. The summed E-state index contributed by atoms with van der Waals surface area (Å²) in [6.45, 7) is 7.50. The summed E-state index contributed by atoms with van der Waals surface area (Å²) in [5.41, 5.74) is 1.06. The largest absolute Gasteiger partial charge is 0.340 e. The number of halogens is 2. The van der Waals surface area contributed by atoms with Crippen LogP contribution in [0.5, 0.6) is 0 Å². The van der Waals surface area contributed by atoms with Crippen molar-refractivity contribution in [2.45, 2.75) is 32.1 Å². The molecule has 0 N–H and O–H groups in total. The van der Waals surface area contributed by atoms with Crippen LogP contribution < -0.4 is 5.01 Å². The Hall–Kier alpha value is -2.77. The van der Waals surface area contributed by atoms with Crippen LogP contribution in [-0.4, -0.2) is 66.5 Å². The van der Waals surface area contributed by atoms with Crippen molar-refractivity contribution in [2.75, 3.05) is 44.3 Å². The van der Waals surface area contributed by atoms with E-state index in [0.29, 0.717) is 23.7 Å². The fourth-order valence-electron chi connectivity index (χ4n) is 5.03. The average Bonchev–Trinajstić information content (AvgIpc) is 3.22. The predicted octanol–water partition coefficient (Wildman–Crippen LogP) is 4.13. The lowest BCUT2D eigenvalue weighted by Crippen LogP contribution is -2.48. The molecule has 6 nitrogen and oxygen atoms in total. The van der Waals surface area contributed by atoms with Crippen LogP contribution >= 0.6 is 11.6 Å². The summed E-state index contributed by atoms with van der Waals surface area (Å²) in [5, 5.41) is 6.62. The van der Waals surface area contributed by atoms with Gasteiger partial charge in [-0.05, 0) is 43.1 Å². The first-order chi connectivity index (χ1) is 16.3. The Morgan fingerprint density at radius 1 is 1.06 bits per heavy atom. The Morgan fingerprint density at radius 2 is 1.76 bits per heavy atom. The lowest BCUT2D eigenvalue weighted by atomic mass is 9.72. The van der Waals surface area contributed by atoms with Crippen LogP contribution in [0.3, 0.4) is 0 Å². The van der Waals surface area contributed by atoms with Crippen LogP contribution in [-0.2, 0) is 15.0 Å². The SMILES string of the molecule is CC(=O)C1=NN(c2cc(Cl)ccc2F)CC1(CCCN1CCN(C(C)=O)CC1)c1ccccc1. The lowest BCUT2D eigenvalue weighted by molar-refractivity contribution is -0.130. The molecule has 0 saturated carbocycles. The Labute approximate surface area is 205 Å². The summed E-state index contributed by atoms with van der Waals surface area (Å²) < 4.78 is 14.7. The number of benzene rings is 2. The van der Waals surface area contributed by atoms with Crippen LogP contribution in [0.25, 0.3) is 0 Å². The quantitative estimate of drug-likeness (QED) is 0.593. The standard InChI is InChI=1S/C26H30ClFN4O2/c1-19(33)25-26(21-7-4-3-5-8-21,11-6-12-30-13-15-31(16-14-30)20(2)34)18-32(29-25)24-17-22(27)9-10-23(24)28/h3-5,7-10,17H,6,11-16,18H2,1-2H3. The highest BCUT2D eigenvalue weighted by molar-refractivity contribution is 6.43. The van der Waals surface area contributed by atoms with Gasteiger partial charge in [0.15, 0.2) is 5.78 Å². The molecule has 0 aromatic heterocycles. The van der Waals surface area contributed by atoms with Gasteiger partial charge in [0.25, 0.3) is 0 Å². The molecular formula is C26H30ClFN4O2. The molecule has 2 aliphatic heterocycles. The molecule has 2 heterocycles. The van der Waals surface area contributed by atoms with Gasteiger partial charge in [-0.2, -0.15) is 5.10 Å². The zero-order valence-electron chi connectivity index (χ0n) is 19.6. The second kappa shape index (κ2) is 10.2. The van der Waals surface area contributed by atoms with E-state index in [1.165, 1.54) is 19.1 Å². The van der Waals surface area contributed by atoms with E-state index in [-0.39, 0.29) is 17.4 Å². The molecule has 34 heavy (non-hydrogen) atoms. The van der Waals surface area contributed by atoms with Gasteiger partial charge < -0.3 is 4.90 Å². The van der Waals surface area contributed by atoms with Crippen molar-refractivity contribution in [1.82, 2.24) is 9.80 Å². The van der Waals surface area contributed by atoms with Crippen LogP contribution in [0.15, 0.2) is 53.6 Å². The molecule has 1 amide bonds. The normalized spacial score (nSPS) is 21.0. The van der Waals surface area contributed by atoms with Gasteiger partial charge in [0, 0.05) is 45.0 Å². The molecule has 2 aromatic rings. The van der Waals surface area contributed by atoms with Gasteiger partial charge in [0.1, 0.15) is 11.5 Å². The van der Waals surface area contributed by atoms with Gasteiger partial charge in [-0.3, -0.25) is 19.5 Å². The molecule has 2 aliphatic rings. The first-order valence-corrected chi connectivity index (χ1v) is 12.0. The highest BCUT2D eigenvalue weighted by Gasteiger charge is 2.46. The van der Waals surface area contributed by atoms with Gasteiger partial charge in [0.05, 0.1) is 17.6 Å². The number of hydrogen-bond donors (Lipinski definition) is 0. The third-order valence-corrected chi connectivity index (χ3v) is 7.07. The van der Waals surface area contributed by atoms with Crippen LogP contribution in [0.1, 0.15) is 32.3 Å². The van der Waals surface area contributed by atoms with E-state index in [2.05, 4.69) is 10.0 Å². The topological polar surface area (TPSA) is 56.2 Å². The van der Waals surface area contributed by atoms with E-state index >= 15 is 0 Å². The van der Waals surface area contributed by atoms with Gasteiger partial charge in [-0.15, -0.1) is 0 Å². The zero-order valence-corrected chi connectivity index (χ0v) is 20.4. The molecular weight excluding hydrogens is 455 g/mol. The molecule has 2 aromatic carbocycles. The minimum absolute atomic E-state index is 0.115. The van der Waals surface area contributed by atoms with Gasteiger partial charge in [-0.1, -0.05) is 41.9 Å². The van der Waals surface area contributed by atoms with Gasteiger partial charge in [0.2, 0.25) is 5.91 Å². The zero-order chi connectivity index (χ0) is 24.3. The second-order valence-corrected chi connectivity index (χ2v) is 9.49. The number of amides is 1. The molecule has 0 radical (unpaired) electrons. The van der Waals surface area contributed by atoms with Crippen LogP contribution in [0.2, 0.25) is 5.02 Å². The summed E-state index contributed by atoms with van der Waals surface area (Å²) >= 11 is 6.14. The van der Waals surface area contributed by atoms with E-state index in [1.54, 1.807) is 18.0 Å². The molecule has 8 heteroatoms. The van der Waals surface area contributed by atoms with E-state index in [9.17, 15) is 14.0 Å². The Balaban J connectivity index is 1.58. The summed E-state index contributed by atoms with van der Waals surface area (Å²) in [5.74, 6) is -0.434. The number of rotatable bonds is 7. The fraction of sp³-hybridized carbons (Fsp3) is 0.423.